The molecule has 1 heterocycles. The van der Waals surface area contributed by atoms with Crippen LogP contribution in [0.4, 0.5) is 0 Å². The summed E-state index contributed by atoms with van der Waals surface area (Å²) in [6, 6.07) is 0. The highest BCUT2D eigenvalue weighted by atomic mass is 35.5. The van der Waals surface area contributed by atoms with E-state index in [2.05, 4.69) is 0 Å². The third-order valence-electron chi connectivity index (χ3n) is 4.78. The molecule has 4 nitrogen and oxygen atoms in total. The van der Waals surface area contributed by atoms with Gasteiger partial charge in [-0.15, -0.1) is 23.2 Å². The number of alkyl halides is 4. The smallest absolute Gasteiger partial charge is 0.259 e. The molecule has 4 atom stereocenters. The van der Waals surface area contributed by atoms with Crippen LogP contribution in [-0.4, -0.2) is 37.6 Å². The number of nitrogens with zero attached hydrogens (tertiary/aromatic N) is 1. The van der Waals surface area contributed by atoms with Crippen molar-refractivity contribution in [2.45, 2.75) is 34.3 Å². The molecular weight excluding hydrogens is 443 g/mol. The van der Waals surface area contributed by atoms with E-state index < -0.39 is 37.7 Å². The molecule has 1 aliphatic heterocycles. The molecule has 0 unspecified atom stereocenters. The number of hydrogen-bond acceptors (Lipinski definition) is 3. The van der Waals surface area contributed by atoms with Gasteiger partial charge in [-0.05, 0) is 12.3 Å². The molecule has 1 saturated heterocycles. The van der Waals surface area contributed by atoms with Crippen molar-refractivity contribution in [1.29, 1.82) is 0 Å². The van der Waals surface area contributed by atoms with E-state index in [1.165, 1.54) is 0 Å². The van der Waals surface area contributed by atoms with E-state index in [0.717, 1.165) is 0 Å². The van der Waals surface area contributed by atoms with Crippen LogP contribution in [0.2, 0.25) is 0 Å². The van der Waals surface area contributed by atoms with Gasteiger partial charge >= 0.3 is 0 Å². The van der Waals surface area contributed by atoms with Crippen molar-refractivity contribution in [3.63, 3.8) is 0 Å². The Morgan fingerprint density at radius 1 is 1.00 bits per heavy atom. The van der Waals surface area contributed by atoms with Gasteiger partial charge in [0.1, 0.15) is 9.75 Å². The van der Waals surface area contributed by atoms with Crippen LogP contribution in [0, 0.1) is 17.8 Å². The summed E-state index contributed by atoms with van der Waals surface area (Å²) in [5.41, 5.74) is 0. The fourth-order valence-corrected chi connectivity index (χ4v) is 6.41. The maximum absolute atomic E-state index is 12.7. The molecule has 0 aromatic heterocycles. The predicted molar refractivity (Wildman–Crippen MR) is 94.6 cm³/mol. The molecule has 0 aromatic carbocycles. The molecule has 10 heteroatoms. The fraction of sp³-hybridized carbons (Fsp3) is 0.714. The monoisotopic (exact) mass is 453 g/mol. The minimum Gasteiger partial charge on any atom is -0.272 e. The molecule has 2 aliphatic carbocycles. The molecule has 3 aliphatic rings. The van der Waals surface area contributed by atoms with Crippen LogP contribution in [0.3, 0.4) is 0 Å². The molecular formula is C14H13Cl6NO3. The van der Waals surface area contributed by atoms with Crippen molar-refractivity contribution < 1.29 is 14.4 Å². The van der Waals surface area contributed by atoms with Crippen LogP contribution >= 0.6 is 69.6 Å². The summed E-state index contributed by atoms with van der Waals surface area (Å²) in [6.45, 7) is 4.18. The summed E-state index contributed by atoms with van der Waals surface area (Å²) in [5, 5.41) is 0.462. The zero-order valence-corrected chi connectivity index (χ0v) is 17.1. The maximum atomic E-state index is 12.7. The number of allylic oxidation sites excluding steroid dienone is 2. The Labute approximate surface area is 169 Å². The zero-order valence-electron chi connectivity index (χ0n) is 12.6. The topological polar surface area (TPSA) is 46.6 Å². The molecule has 0 spiro atoms. The van der Waals surface area contributed by atoms with Crippen molar-refractivity contribution in [3.05, 3.63) is 10.1 Å². The number of halogens is 6. The number of fused-ring (bicyclic) bond motifs is 5. The first-order valence-corrected chi connectivity index (χ1v) is 9.53. The highest BCUT2D eigenvalue weighted by molar-refractivity contribution is 6.66. The van der Waals surface area contributed by atoms with E-state index in [1.54, 1.807) is 0 Å². The minimum absolute atomic E-state index is 0.114. The van der Waals surface area contributed by atoms with Gasteiger partial charge in [0.05, 0.1) is 28.5 Å². The van der Waals surface area contributed by atoms with E-state index in [9.17, 15) is 9.59 Å². The van der Waals surface area contributed by atoms with Crippen molar-refractivity contribution >= 4 is 81.4 Å². The van der Waals surface area contributed by atoms with Gasteiger partial charge in [0, 0.05) is 0 Å². The van der Waals surface area contributed by atoms with E-state index in [0.29, 0.717) is 17.4 Å². The SMILES string of the molecule is CC(C)CCON1C(=O)[C@@H]2[C@@H](C1=O)[C@]1(Cl)C(Cl)=C(Cl)[C@]2(Cl)C1(Cl)Cl. The lowest BCUT2D eigenvalue weighted by atomic mass is 9.84. The number of carbonyl (C=O) groups is 2. The van der Waals surface area contributed by atoms with Crippen LogP contribution in [-0.2, 0) is 14.4 Å². The van der Waals surface area contributed by atoms with Gasteiger partial charge in [-0.25, -0.2) is 0 Å². The summed E-state index contributed by atoms with van der Waals surface area (Å²) >= 11 is 38.2. The molecule has 0 aromatic rings. The van der Waals surface area contributed by atoms with E-state index in [4.69, 9.17) is 74.4 Å². The molecule has 24 heavy (non-hydrogen) atoms. The summed E-state index contributed by atoms with van der Waals surface area (Å²) in [5.74, 6) is -3.28. The van der Waals surface area contributed by atoms with E-state index >= 15 is 0 Å². The summed E-state index contributed by atoms with van der Waals surface area (Å²) in [6.07, 6.45) is 0.666. The molecule has 134 valence electrons. The summed E-state index contributed by atoms with van der Waals surface area (Å²) in [4.78, 5) is 27.3. The van der Waals surface area contributed by atoms with Crippen LogP contribution < -0.4 is 0 Å². The Kier molecular flexibility index (Phi) is 4.66. The predicted octanol–water partition coefficient (Wildman–Crippen LogP) is 4.41. The number of hydrogen-bond donors (Lipinski definition) is 0. The molecule has 2 fully saturated rings. The van der Waals surface area contributed by atoms with Gasteiger partial charge < -0.3 is 0 Å². The lowest BCUT2D eigenvalue weighted by molar-refractivity contribution is -0.190. The number of imide groups is 1. The number of hydroxylamine groups is 2. The molecule has 2 bridgehead atoms. The standard InChI is InChI=1S/C14H13Cl6NO3/c1-5(2)3-4-24-21-10(22)6-7(11(21)23)13(18)9(16)8(15)12(6,17)14(13,19)20/h5-7H,3-4H2,1-2H3/t6-,7-,12-,13-/m0/s1. The van der Waals surface area contributed by atoms with Gasteiger partial charge in [-0.3, -0.25) is 14.4 Å². The first-order chi connectivity index (χ1) is 10.9. The second kappa shape index (κ2) is 5.79. The number of amides is 2. The molecule has 3 rings (SSSR count). The van der Waals surface area contributed by atoms with Crippen LogP contribution in [0.25, 0.3) is 0 Å². The molecule has 0 radical (unpaired) electrons. The van der Waals surface area contributed by atoms with E-state index in [-0.39, 0.29) is 16.7 Å². The lowest BCUT2D eigenvalue weighted by Crippen LogP contribution is -2.50. The van der Waals surface area contributed by atoms with Crippen molar-refractivity contribution in [1.82, 2.24) is 5.06 Å². The quantitative estimate of drug-likeness (QED) is 0.466. The average molecular weight is 456 g/mol. The second-order valence-corrected chi connectivity index (χ2v) is 9.84. The van der Waals surface area contributed by atoms with Crippen LogP contribution in [0.5, 0.6) is 0 Å². The summed E-state index contributed by atoms with van der Waals surface area (Å²) < 4.78 is -1.91. The van der Waals surface area contributed by atoms with Crippen molar-refractivity contribution in [2.75, 3.05) is 6.61 Å². The third kappa shape index (κ3) is 2.00. The number of carbonyl (C=O) groups excluding carboxylic acids is 2. The molecule has 0 N–H and O–H groups in total. The van der Waals surface area contributed by atoms with Crippen molar-refractivity contribution in [3.8, 4) is 0 Å². The summed E-state index contributed by atoms with van der Waals surface area (Å²) in [7, 11) is 0. The second-order valence-electron chi connectivity index (χ2n) is 6.57. The Bertz CT molecular complexity index is 619. The van der Waals surface area contributed by atoms with Crippen molar-refractivity contribution in [2.24, 2.45) is 17.8 Å². The molecule has 2 amide bonds. The van der Waals surface area contributed by atoms with E-state index in [1.807, 2.05) is 13.8 Å². The Morgan fingerprint density at radius 2 is 1.42 bits per heavy atom. The largest absolute Gasteiger partial charge is 0.272 e. The van der Waals surface area contributed by atoms with Gasteiger partial charge in [-0.1, -0.05) is 60.3 Å². The highest BCUT2D eigenvalue weighted by Gasteiger charge is 2.87. The Hall–Kier alpha value is 0.580. The Balaban J connectivity index is 1.99. The zero-order chi connectivity index (χ0) is 18.2. The third-order valence-corrected chi connectivity index (χ3v) is 9.04. The van der Waals surface area contributed by atoms with Gasteiger partial charge in [-0.2, -0.15) is 5.06 Å². The fourth-order valence-electron chi connectivity index (χ4n) is 3.48. The number of rotatable bonds is 4. The average Bonchev–Trinajstić information content (AvgIpc) is 2.86. The highest BCUT2D eigenvalue weighted by Crippen LogP contribution is 2.77. The van der Waals surface area contributed by atoms with Gasteiger partial charge in [0.2, 0.25) is 0 Å². The molecule has 1 saturated carbocycles. The normalized spacial score (nSPS) is 40.3. The van der Waals surface area contributed by atoms with Gasteiger partial charge in [0.25, 0.3) is 11.8 Å². The van der Waals surface area contributed by atoms with Gasteiger partial charge in [0.15, 0.2) is 4.33 Å². The maximum Gasteiger partial charge on any atom is 0.259 e. The van der Waals surface area contributed by atoms with Crippen LogP contribution in [0.15, 0.2) is 10.1 Å². The lowest BCUT2D eigenvalue weighted by Gasteiger charge is -2.34. The Morgan fingerprint density at radius 3 is 1.79 bits per heavy atom. The van der Waals surface area contributed by atoms with Crippen LogP contribution in [0.1, 0.15) is 20.3 Å². The minimum atomic E-state index is -1.91. The first-order valence-electron chi connectivity index (χ1n) is 7.26. The first kappa shape index (κ1) is 19.3.